The maximum Gasteiger partial charge on any atom is 0.355 e. The Kier molecular flexibility index (Phi) is 8.32. The van der Waals surface area contributed by atoms with Crippen LogP contribution in [0.3, 0.4) is 0 Å². The first kappa shape index (κ1) is 24.3. The van der Waals surface area contributed by atoms with E-state index in [1.54, 1.807) is 24.3 Å². The third-order valence-corrected chi connectivity index (χ3v) is 6.64. The summed E-state index contributed by atoms with van der Waals surface area (Å²) < 4.78 is 12.3. The van der Waals surface area contributed by atoms with Crippen molar-refractivity contribution in [2.45, 2.75) is 50.2 Å². The van der Waals surface area contributed by atoms with Crippen LogP contribution in [0.15, 0.2) is 60.7 Å². The summed E-state index contributed by atoms with van der Waals surface area (Å²) in [5.41, 5.74) is -0.286. The molecule has 5 nitrogen and oxygen atoms in total. The first-order valence-corrected chi connectivity index (χ1v) is 11.3. The Hall–Kier alpha value is -2.37. The van der Waals surface area contributed by atoms with Crippen LogP contribution in [0, 0.1) is 5.92 Å². The van der Waals surface area contributed by atoms with Gasteiger partial charge < -0.3 is 14.4 Å². The smallest absolute Gasteiger partial charge is 0.355 e. The number of rotatable bonds is 6. The molecule has 172 valence electrons. The van der Waals surface area contributed by atoms with E-state index in [2.05, 4.69) is 11.9 Å². The lowest BCUT2D eigenvalue weighted by atomic mass is 9.79. The number of hydrogen-bond acceptors (Lipinski definition) is 5. The number of carbonyl (C=O) groups is 2. The molecule has 4 rings (SSSR count). The molecule has 32 heavy (non-hydrogen) atoms. The summed E-state index contributed by atoms with van der Waals surface area (Å²) in [5, 5.41) is 0. The predicted octanol–water partition coefficient (Wildman–Crippen LogP) is 4.99. The molecule has 0 aromatic heterocycles. The summed E-state index contributed by atoms with van der Waals surface area (Å²) in [4.78, 5) is 29.3. The highest BCUT2D eigenvalue weighted by molar-refractivity contribution is 5.93. The first-order chi connectivity index (χ1) is 15.1. The van der Waals surface area contributed by atoms with Gasteiger partial charge in [0.1, 0.15) is 6.10 Å². The standard InChI is InChI=1S/C26H31NO4.ClH/c1-27-18-16-23(17-19-27)30-25(29)26(22-14-8-9-15-22,21-12-6-3-7-13-21)31-24(28)20-10-4-2-5-11-20;/h2-7,10-13,22-23H,8-9,14-19H2,1H3;1H. The number of benzene rings is 2. The Morgan fingerprint density at radius 3 is 2.03 bits per heavy atom. The van der Waals surface area contributed by atoms with Gasteiger partial charge in [0.25, 0.3) is 0 Å². The second-order valence-electron chi connectivity index (χ2n) is 8.75. The molecular formula is C26H32ClNO4. The van der Waals surface area contributed by atoms with Crippen LogP contribution < -0.4 is 0 Å². The van der Waals surface area contributed by atoms with Gasteiger partial charge in [-0.05, 0) is 44.9 Å². The van der Waals surface area contributed by atoms with E-state index in [1.165, 1.54) is 0 Å². The van der Waals surface area contributed by atoms with Crippen molar-refractivity contribution in [3.8, 4) is 0 Å². The van der Waals surface area contributed by atoms with Crippen molar-refractivity contribution in [1.82, 2.24) is 4.90 Å². The number of carbonyl (C=O) groups excluding carboxylic acids is 2. The summed E-state index contributed by atoms with van der Waals surface area (Å²) in [6, 6.07) is 18.3. The van der Waals surface area contributed by atoms with E-state index in [9.17, 15) is 9.59 Å². The van der Waals surface area contributed by atoms with E-state index >= 15 is 0 Å². The fourth-order valence-electron chi connectivity index (χ4n) is 4.84. The lowest BCUT2D eigenvalue weighted by Gasteiger charge is -2.38. The minimum Gasteiger partial charge on any atom is -0.459 e. The number of esters is 2. The number of likely N-dealkylation sites (tertiary alicyclic amines) is 1. The van der Waals surface area contributed by atoms with Crippen LogP contribution in [0.1, 0.15) is 54.4 Å². The second kappa shape index (κ2) is 11.0. The molecule has 2 aromatic rings. The van der Waals surface area contributed by atoms with Gasteiger partial charge in [-0.2, -0.15) is 0 Å². The third-order valence-electron chi connectivity index (χ3n) is 6.64. The van der Waals surface area contributed by atoms with Crippen LogP contribution in [0.5, 0.6) is 0 Å². The number of ether oxygens (including phenoxy) is 2. The van der Waals surface area contributed by atoms with Gasteiger partial charge in [0.2, 0.25) is 5.60 Å². The largest absolute Gasteiger partial charge is 0.459 e. The molecule has 1 atom stereocenters. The van der Waals surface area contributed by atoms with Crippen molar-refractivity contribution in [2.75, 3.05) is 20.1 Å². The van der Waals surface area contributed by atoms with Gasteiger partial charge in [-0.1, -0.05) is 61.4 Å². The summed E-state index contributed by atoms with van der Waals surface area (Å²) >= 11 is 0. The molecule has 1 unspecified atom stereocenters. The van der Waals surface area contributed by atoms with Gasteiger partial charge in [0, 0.05) is 24.6 Å². The fraction of sp³-hybridized carbons (Fsp3) is 0.462. The minimum atomic E-state index is -1.42. The maximum atomic E-state index is 13.9. The molecule has 1 aliphatic heterocycles. The van der Waals surface area contributed by atoms with E-state index < -0.39 is 17.5 Å². The number of halogens is 1. The van der Waals surface area contributed by atoms with Gasteiger partial charge in [0.15, 0.2) is 0 Å². The molecule has 0 radical (unpaired) electrons. The van der Waals surface area contributed by atoms with Crippen molar-refractivity contribution in [2.24, 2.45) is 5.92 Å². The highest BCUT2D eigenvalue weighted by atomic mass is 35.5. The predicted molar refractivity (Wildman–Crippen MR) is 126 cm³/mol. The van der Waals surface area contributed by atoms with Crippen LogP contribution in [0.4, 0.5) is 0 Å². The molecule has 0 N–H and O–H groups in total. The quantitative estimate of drug-likeness (QED) is 0.572. The van der Waals surface area contributed by atoms with Crippen molar-refractivity contribution < 1.29 is 19.1 Å². The van der Waals surface area contributed by atoms with E-state index in [0.29, 0.717) is 11.1 Å². The van der Waals surface area contributed by atoms with Gasteiger partial charge in [0.05, 0.1) is 5.56 Å². The molecule has 2 aromatic carbocycles. The van der Waals surface area contributed by atoms with Gasteiger partial charge in [-0.3, -0.25) is 0 Å². The molecule has 0 bridgehead atoms. The zero-order valence-electron chi connectivity index (χ0n) is 18.6. The highest BCUT2D eigenvalue weighted by Crippen LogP contribution is 2.45. The zero-order chi connectivity index (χ0) is 21.7. The topological polar surface area (TPSA) is 55.8 Å². The second-order valence-corrected chi connectivity index (χ2v) is 8.75. The number of piperidine rings is 1. The van der Waals surface area contributed by atoms with Crippen molar-refractivity contribution in [1.29, 1.82) is 0 Å². The lowest BCUT2D eigenvalue weighted by molar-refractivity contribution is -0.182. The fourth-order valence-corrected chi connectivity index (χ4v) is 4.84. The van der Waals surface area contributed by atoms with Crippen LogP contribution in [0.2, 0.25) is 0 Å². The first-order valence-electron chi connectivity index (χ1n) is 11.3. The van der Waals surface area contributed by atoms with E-state index in [4.69, 9.17) is 9.47 Å². The van der Waals surface area contributed by atoms with Crippen LogP contribution in [0.25, 0.3) is 0 Å². The van der Waals surface area contributed by atoms with E-state index in [1.807, 2.05) is 36.4 Å². The Morgan fingerprint density at radius 2 is 1.44 bits per heavy atom. The average molecular weight is 458 g/mol. The molecule has 2 aliphatic rings. The van der Waals surface area contributed by atoms with Crippen LogP contribution >= 0.6 is 12.4 Å². The van der Waals surface area contributed by atoms with Crippen molar-refractivity contribution >= 4 is 24.3 Å². The van der Waals surface area contributed by atoms with Crippen molar-refractivity contribution in [3.05, 3.63) is 71.8 Å². The maximum absolute atomic E-state index is 13.9. The number of nitrogens with zero attached hydrogens (tertiary/aromatic N) is 1. The SMILES string of the molecule is CN1CCC(OC(=O)C(OC(=O)c2ccccc2)(c2ccccc2)C2CCCC2)CC1.Cl. The van der Waals surface area contributed by atoms with Crippen molar-refractivity contribution in [3.63, 3.8) is 0 Å². The van der Waals surface area contributed by atoms with E-state index in [0.717, 1.165) is 51.6 Å². The van der Waals surface area contributed by atoms with Crippen LogP contribution in [-0.4, -0.2) is 43.1 Å². The van der Waals surface area contributed by atoms with Crippen LogP contribution in [-0.2, 0) is 19.9 Å². The van der Waals surface area contributed by atoms with Gasteiger partial charge in [-0.25, -0.2) is 9.59 Å². The summed E-state index contributed by atoms with van der Waals surface area (Å²) in [6.07, 6.45) is 5.14. The highest BCUT2D eigenvalue weighted by Gasteiger charge is 2.53. The number of hydrogen-bond donors (Lipinski definition) is 0. The monoisotopic (exact) mass is 457 g/mol. The summed E-state index contributed by atoms with van der Waals surface area (Å²) in [5.74, 6) is -1.01. The van der Waals surface area contributed by atoms with Gasteiger partial charge in [-0.15, -0.1) is 12.4 Å². The molecule has 1 saturated heterocycles. The molecule has 2 fully saturated rings. The molecular weight excluding hydrogens is 426 g/mol. The lowest BCUT2D eigenvalue weighted by Crippen LogP contribution is -2.49. The van der Waals surface area contributed by atoms with E-state index in [-0.39, 0.29) is 24.4 Å². The molecule has 0 spiro atoms. The summed E-state index contributed by atoms with van der Waals surface area (Å²) in [6.45, 7) is 1.78. The Morgan fingerprint density at radius 1 is 0.875 bits per heavy atom. The normalized spacial score (nSPS) is 19.5. The Labute approximate surface area is 196 Å². The molecule has 1 saturated carbocycles. The zero-order valence-corrected chi connectivity index (χ0v) is 19.4. The molecule has 1 heterocycles. The summed E-state index contributed by atoms with van der Waals surface area (Å²) in [7, 11) is 2.08. The van der Waals surface area contributed by atoms with Gasteiger partial charge >= 0.3 is 11.9 Å². The molecule has 6 heteroatoms. The molecule has 1 aliphatic carbocycles. The Bertz CT molecular complexity index is 877. The molecule has 0 amide bonds. The minimum absolute atomic E-state index is 0. The average Bonchev–Trinajstić information content (AvgIpc) is 3.35. The Balaban J connectivity index is 0.00000289. The third kappa shape index (κ3) is 5.16.